The van der Waals surface area contributed by atoms with Crippen LogP contribution in [0.4, 0.5) is 5.69 Å². The SMILES string of the molecule is N=C[N+](=C(N)C=O)c1cccc(Cl)c1. The average molecular weight is 211 g/mol. The van der Waals surface area contributed by atoms with Crippen molar-refractivity contribution < 1.29 is 9.37 Å². The number of hydrogen-bond donors (Lipinski definition) is 2. The maximum Gasteiger partial charge on any atom is 0.264 e. The van der Waals surface area contributed by atoms with Crippen LogP contribution in [0.1, 0.15) is 0 Å². The van der Waals surface area contributed by atoms with Crippen LogP contribution in [0.3, 0.4) is 0 Å². The third kappa shape index (κ3) is 2.17. The first kappa shape index (κ1) is 10.4. The number of carbonyl (C=O) groups is 1. The van der Waals surface area contributed by atoms with Crippen LogP contribution < -0.4 is 5.73 Å². The average Bonchev–Trinajstić information content (AvgIpc) is 2.19. The summed E-state index contributed by atoms with van der Waals surface area (Å²) in [6, 6.07) is 6.73. The Balaban J connectivity index is 3.27. The molecule has 4 nitrogen and oxygen atoms in total. The number of carbonyl (C=O) groups excluding carboxylic acids is 1. The number of rotatable bonds is 3. The molecule has 0 amide bonds. The number of halogens is 1. The summed E-state index contributed by atoms with van der Waals surface area (Å²) in [6.45, 7) is 0. The van der Waals surface area contributed by atoms with Crippen LogP contribution in [0.5, 0.6) is 0 Å². The van der Waals surface area contributed by atoms with Gasteiger partial charge in [-0.05, 0) is 18.2 Å². The van der Waals surface area contributed by atoms with Gasteiger partial charge in [0, 0.05) is 5.02 Å². The van der Waals surface area contributed by atoms with Crippen molar-refractivity contribution in [3.63, 3.8) is 0 Å². The minimum Gasteiger partial charge on any atom is -0.315 e. The maximum atomic E-state index is 10.4. The molecule has 0 unspecified atom stereocenters. The van der Waals surface area contributed by atoms with E-state index in [4.69, 9.17) is 22.7 Å². The molecule has 0 radical (unpaired) electrons. The van der Waals surface area contributed by atoms with E-state index in [-0.39, 0.29) is 5.84 Å². The van der Waals surface area contributed by atoms with E-state index in [1.54, 1.807) is 24.3 Å². The van der Waals surface area contributed by atoms with Crippen LogP contribution in [0.2, 0.25) is 5.02 Å². The molecule has 1 aromatic rings. The van der Waals surface area contributed by atoms with Crippen LogP contribution in [-0.4, -0.2) is 23.0 Å². The van der Waals surface area contributed by atoms with E-state index in [2.05, 4.69) is 0 Å². The Morgan fingerprint density at radius 3 is 2.79 bits per heavy atom. The monoisotopic (exact) mass is 210 g/mol. The number of hydrogen-bond acceptors (Lipinski definition) is 2. The highest BCUT2D eigenvalue weighted by Crippen LogP contribution is 2.16. The Morgan fingerprint density at radius 1 is 1.57 bits per heavy atom. The molecule has 1 rings (SSSR count). The highest BCUT2D eigenvalue weighted by Gasteiger charge is 2.06. The Bertz CT molecular complexity index is 401. The van der Waals surface area contributed by atoms with Gasteiger partial charge in [0.05, 0.1) is 0 Å². The Morgan fingerprint density at radius 2 is 2.29 bits per heavy atom. The summed E-state index contributed by atoms with van der Waals surface area (Å²) in [5, 5.41) is 7.62. The van der Waals surface area contributed by atoms with Crippen molar-refractivity contribution in [2.75, 3.05) is 0 Å². The summed E-state index contributed by atoms with van der Waals surface area (Å²) in [6.07, 6.45) is 1.43. The fraction of sp³-hybridized carbons (Fsp3) is 0. The van der Waals surface area contributed by atoms with Crippen molar-refractivity contribution in [2.24, 2.45) is 5.73 Å². The maximum absolute atomic E-state index is 10.4. The summed E-state index contributed by atoms with van der Waals surface area (Å²) in [5.41, 5.74) is 5.97. The van der Waals surface area contributed by atoms with Gasteiger partial charge in [-0.25, -0.2) is 4.58 Å². The van der Waals surface area contributed by atoms with Crippen molar-refractivity contribution in [1.29, 1.82) is 5.41 Å². The van der Waals surface area contributed by atoms with Crippen molar-refractivity contribution >= 4 is 35.7 Å². The molecule has 1 aromatic carbocycles. The summed E-state index contributed by atoms with van der Waals surface area (Å²) in [4.78, 5) is 10.4. The Labute approximate surface area is 86.1 Å². The second-order valence-corrected chi connectivity index (χ2v) is 2.96. The topological polar surface area (TPSA) is 69.9 Å². The smallest absolute Gasteiger partial charge is 0.264 e. The van der Waals surface area contributed by atoms with Crippen LogP contribution >= 0.6 is 11.6 Å². The van der Waals surface area contributed by atoms with E-state index in [1.807, 2.05) is 0 Å². The van der Waals surface area contributed by atoms with Gasteiger partial charge < -0.3 is 5.73 Å². The van der Waals surface area contributed by atoms with E-state index in [0.717, 1.165) is 6.34 Å². The van der Waals surface area contributed by atoms with Crippen molar-refractivity contribution in [1.82, 2.24) is 0 Å². The molecule has 5 heteroatoms. The number of nitrogens with zero attached hydrogens (tertiary/aromatic N) is 1. The summed E-state index contributed by atoms with van der Waals surface area (Å²) >= 11 is 5.75. The first-order chi connectivity index (χ1) is 6.69. The zero-order chi connectivity index (χ0) is 10.6. The lowest BCUT2D eigenvalue weighted by Gasteiger charge is -2.01. The largest absolute Gasteiger partial charge is 0.315 e. The van der Waals surface area contributed by atoms with Gasteiger partial charge in [-0.1, -0.05) is 17.7 Å². The van der Waals surface area contributed by atoms with E-state index in [1.165, 1.54) is 4.58 Å². The zero-order valence-electron chi connectivity index (χ0n) is 7.27. The van der Waals surface area contributed by atoms with Crippen LogP contribution in [0.15, 0.2) is 24.3 Å². The van der Waals surface area contributed by atoms with Crippen LogP contribution in [-0.2, 0) is 4.79 Å². The Kier molecular flexibility index (Phi) is 3.36. The van der Waals surface area contributed by atoms with Crippen LogP contribution in [0, 0.1) is 5.41 Å². The molecular formula is C9H9ClN3O+. The first-order valence-electron chi connectivity index (χ1n) is 3.82. The number of benzene rings is 1. The van der Waals surface area contributed by atoms with Gasteiger partial charge in [-0.15, -0.1) is 0 Å². The second-order valence-electron chi connectivity index (χ2n) is 2.52. The van der Waals surface area contributed by atoms with Gasteiger partial charge in [0.2, 0.25) is 12.6 Å². The number of aldehydes is 1. The van der Waals surface area contributed by atoms with Gasteiger partial charge in [0.25, 0.3) is 5.84 Å². The lowest BCUT2D eigenvalue weighted by molar-refractivity contribution is -0.296. The van der Waals surface area contributed by atoms with Crippen molar-refractivity contribution in [3.8, 4) is 0 Å². The number of nitrogens with two attached hydrogens (primary N) is 1. The second kappa shape index (κ2) is 4.53. The van der Waals surface area contributed by atoms with Crippen LogP contribution in [0.25, 0.3) is 0 Å². The van der Waals surface area contributed by atoms with E-state index in [0.29, 0.717) is 17.0 Å². The lowest BCUT2D eigenvalue weighted by atomic mass is 10.3. The lowest BCUT2D eigenvalue weighted by Crippen LogP contribution is -2.25. The highest BCUT2D eigenvalue weighted by atomic mass is 35.5. The molecule has 0 saturated carbocycles. The normalized spacial score (nSPS) is 11.8. The molecule has 0 aromatic heterocycles. The minimum absolute atomic E-state index is 0.0535. The molecule has 0 fully saturated rings. The van der Waals surface area contributed by atoms with E-state index >= 15 is 0 Å². The van der Waals surface area contributed by atoms with Crippen molar-refractivity contribution in [2.45, 2.75) is 0 Å². The van der Waals surface area contributed by atoms with E-state index in [9.17, 15) is 4.79 Å². The van der Waals surface area contributed by atoms with Gasteiger partial charge in [-0.3, -0.25) is 4.79 Å². The van der Waals surface area contributed by atoms with Crippen molar-refractivity contribution in [3.05, 3.63) is 29.3 Å². The first-order valence-corrected chi connectivity index (χ1v) is 4.20. The molecule has 0 heterocycles. The molecular weight excluding hydrogens is 202 g/mol. The Hall–Kier alpha value is -1.68. The predicted molar refractivity (Wildman–Crippen MR) is 55.4 cm³/mol. The fourth-order valence-corrected chi connectivity index (χ4v) is 1.17. The summed E-state index contributed by atoms with van der Waals surface area (Å²) in [7, 11) is 0. The molecule has 3 N–H and O–H groups in total. The molecule has 0 bridgehead atoms. The number of amidine groups is 1. The summed E-state index contributed by atoms with van der Waals surface area (Å²) in [5.74, 6) is -0.0535. The molecule has 0 aliphatic heterocycles. The molecule has 0 aliphatic carbocycles. The summed E-state index contributed by atoms with van der Waals surface area (Å²) < 4.78 is 1.24. The molecule has 0 atom stereocenters. The third-order valence-electron chi connectivity index (χ3n) is 1.61. The standard InChI is InChI=1S/C9H8ClN3O/c10-7-2-1-3-8(4-7)13(6-11)9(12)5-14/h1-6,11-12H/p+1. The van der Waals surface area contributed by atoms with Gasteiger partial charge in [0.1, 0.15) is 5.69 Å². The fourth-order valence-electron chi connectivity index (χ4n) is 0.981. The third-order valence-corrected chi connectivity index (χ3v) is 1.85. The van der Waals surface area contributed by atoms with E-state index < -0.39 is 0 Å². The number of nitrogens with one attached hydrogen (secondary N) is 1. The van der Waals surface area contributed by atoms with Gasteiger partial charge in [0.15, 0.2) is 0 Å². The van der Waals surface area contributed by atoms with Gasteiger partial charge in [-0.2, -0.15) is 5.41 Å². The highest BCUT2D eigenvalue weighted by molar-refractivity contribution is 6.30. The van der Waals surface area contributed by atoms with Gasteiger partial charge >= 0.3 is 0 Å². The molecule has 0 aliphatic rings. The predicted octanol–water partition coefficient (Wildman–Crippen LogP) is 1.15. The molecule has 0 spiro atoms. The quantitative estimate of drug-likeness (QED) is 0.340. The molecule has 14 heavy (non-hydrogen) atoms. The molecule has 0 saturated heterocycles. The minimum atomic E-state index is -0.0535. The zero-order valence-corrected chi connectivity index (χ0v) is 8.03. The molecule has 72 valence electrons.